The Morgan fingerprint density at radius 1 is 0.850 bits per heavy atom. The maximum Gasteiger partial charge on any atom is 0.515 e. The maximum atomic E-state index is 10.5. The molecule has 0 aliphatic rings. The zero-order valence-electron chi connectivity index (χ0n) is 10.3. The molecule has 0 unspecified atom stereocenters. The summed E-state index contributed by atoms with van der Waals surface area (Å²) in [5.41, 5.74) is 2.74. The summed E-state index contributed by atoms with van der Waals surface area (Å²) in [5.74, 6) is 0. The molecule has 114 valence electrons. The van der Waals surface area contributed by atoms with E-state index >= 15 is 0 Å². The topological polar surface area (TPSA) is 35.5 Å². The first kappa shape index (κ1) is 20.2. The molecule has 0 amide bonds. The van der Waals surface area contributed by atoms with E-state index in [4.69, 9.17) is 69.6 Å². The standard InChI is InChI=1S/C8H10.C3Cl6O3/c1-7-5-3-4-6-8(7)2;4-2(5,6)11-1(10)12-3(7,8)9/h3-6H,1-2H3;. The number of rotatable bonds is 0. The van der Waals surface area contributed by atoms with Crippen molar-refractivity contribution in [2.24, 2.45) is 0 Å². The van der Waals surface area contributed by atoms with Gasteiger partial charge in [-0.15, -0.1) is 0 Å². The molecule has 0 aliphatic carbocycles. The Balaban J connectivity index is 0.000000388. The van der Waals surface area contributed by atoms with Crippen LogP contribution in [0.5, 0.6) is 0 Å². The maximum absolute atomic E-state index is 10.5. The number of hydrogen-bond acceptors (Lipinski definition) is 3. The van der Waals surface area contributed by atoms with E-state index in [2.05, 4.69) is 47.6 Å². The second-order valence-corrected chi connectivity index (χ2v) is 7.78. The first-order valence-electron chi connectivity index (χ1n) is 4.98. The molecule has 1 rings (SSSR count). The zero-order valence-corrected chi connectivity index (χ0v) is 14.8. The van der Waals surface area contributed by atoms with Gasteiger partial charge in [-0.25, -0.2) is 4.79 Å². The van der Waals surface area contributed by atoms with Crippen LogP contribution in [-0.4, -0.2) is 14.1 Å². The molecule has 0 N–H and O–H groups in total. The van der Waals surface area contributed by atoms with Gasteiger partial charge in [0.05, 0.1) is 0 Å². The normalized spacial score (nSPS) is 11.2. The molecule has 0 saturated carbocycles. The Morgan fingerprint density at radius 3 is 1.35 bits per heavy atom. The van der Waals surface area contributed by atoms with Crippen LogP contribution >= 0.6 is 69.6 Å². The van der Waals surface area contributed by atoms with Gasteiger partial charge >= 0.3 is 14.1 Å². The molecular weight excluding hydrogens is 393 g/mol. The summed E-state index contributed by atoms with van der Waals surface area (Å²) < 4.78 is 3.50. The fourth-order valence-electron chi connectivity index (χ4n) is 0.872. The van der Waals surface area contributed by atoms with Crippen LogP contribution in [0.2, 0.25) is 0 Å². The first-order chi connectivity index (χ1) is 8.91. The van der Waals surface area contributed by atoms with Crippen LogP contribution in [0.15, 0.2) is 24.3 Å². The van der Waals surface area contributed by atoms with Crippen LogP contribution in [0.1, 0.15) is 11.1 Å². The summed E-state index contributed by atoms with van der Waals surface area (Å²) >= 11 is 30.2. The van der Waals surface area contributed by atoms with Crippen molar-refractivity contribution < 1.29 is 14.3 Å². The highest BCUT2D eigenvalue weighted by Gasteiger charge is 2.32. The van der Waals surface area contributed by atoms with Gasteiger partial charge in [0.2, 0.25) is 0 Å². The molecule has 0 aliphatic heterocycles. The average Bonchev–Trinajstić information content (AvgIpc) is 2.17. The van der Waals surface area contributed by atoms with E-state index < -0.39 is 14.1 Å². The highest BCUT2D eigenvalue weighted by molar-refractivity contribution is 6.67. The van der Waals surface area contributed by atoms with Gasteiger partial charge in [-0.1, -0.05) is 24.3 Å². The molecule has 0 heterocycles. The quantitative estimate of drug-likeness (QED) is 0.388. The van der Waals surface area contributed by atoms with Crippen LogP contribution in [0, 0.1) is 13.8 Å². The number of carbonyl (C=O) groups is 1. The van der Waals surface area contributed by atoms with Crippen molar-refractivity contribution in [3.05, 3.63) is 35.4 Å². The Morgan fingerprint density at radius 2 is 1.15 bits per heavy atom. The summed E-state index contributed by atoms with van der Waals surface area (Å²) in [4.78, 5) is 10.5. The largest absolute Gasteiger partial charge is 0.515 e. The molecule has 1 aromatic rings. The lowest BCUT2D eigenvalue weighted by molar-refractivity contribution is 0.0508. The van der Waals surface area contributed by atoms with Crippen molar-refractivity contribution in [1.82, 2.24) is 0 Å². The lowest BCUT2D eigenvalue weighted by Gasteiger charge is -2.15. The van der Waals surface area contributed by atoms with E-state index in [-0.39, 0.29) is 0 Å². The summed E-state index contributed by atoms with van der Waals surface area (Å²) in [6.45, 7) is 4.24. The molecule has 20 heavy (non-hydrogen) atoms. The number of halogens is 6. The Hall–Kier alpha value is 0.230. The van der Waals surface area contributed by atoms with Gasteiger partial charge in [0.1, 0.15) is 0 Å². The highest BCUT2D eigenvalue weighted by atomic mass is 35.6. The van der Waals surface area contributed by atoms with Gasteiger partial charge in [0.15, 0.2) is 0 Å². The summed E-state index contributed by atoms with van der Waals surface area (Å²) in [5, 5.41) is 0. The van der Waals surface area contributed by atoms with E-state index in [1.54, 1.807) is 0 Å². The molecule has 0 aromatic heterocycles. The van der Waals surface area contributed by atoms with Gasteiger partial charge in [-0.05, 0) is 94.6 Å². The number of carbonyl (C=O) groups excluding carboxylic acids is 1. The molecule has 0 bridgehead atoms. The van der Waals surface area contributed by atoms with Gasteiger partial charge in [0.25, 0.3) is 0 Å². The van der Waals surface area contributed by atoms with E-state index in [1.165, 1.54) is 11.1 Å². The summed E-state index contributed by atoms with van der Waals surface area (Å²) in [6.07, 6.45) is -1.41. The number of aryl methyl sites for hydroxylation is 2. The fourth-order valence-corrected chi connectivity index (χ4v) is 1.25. The predicted molar refractivity (Wildman–Crippen MR) is 84.1 cm³/mol. The Labute approximate surface area is 146 Å². The van der Waals surface area contributed by atoms with Crippen molar-refractivity contribution in [2.75, 3.05) is 0 Å². The van der Waals surface area contributed by atoms with Crippen LogP contribution in [-0.2, 0) is 9.47 Å². The molecule has 0 saturated heterocycles. The molecule has 9 heteroatoms. The minimum atomic E-state index is -2.24. The zero-order chi connectivity index (χ0) is 16.0. The molecule has 0 fully saturated rings. The minimum Gasteiger partial charge on any atom is -0.382 e. The summed E-state index contributed by atoms with van der Waals surface area (Å²) in [7, 11) is 0. The number of ether oxygens (including phenoxy) is 2. The number of hydrogen-bond donors (Lipinski definition) is 0. The van der Waals surface area contributed by atoms with E-state index in [0.29, 0.717) is 0 Å². The molecule has 3 nitrogen and oxygen atoms in total. The second kappa shape index (κ2) is 8.62. The van der Waals surface area contributed by atoms with Gasteiger partial charge in [-0.2, -0.15) is 0 Å². The Kier molecular flexibility index (Phi) is 8.72. The monoisotopic (exact) mass is 400 g/mol. The third kappa shape index (κ3) is 12.0. The van der Waals surface area contributed by atoms with Crippen molar-refractivity contribution >= 4 is 75.8 Å². The van der Waals surface area contributed by atoms with Crippen molar-refractivity contribution in [2.45, 2.75) is 21.8 Å². The van der Waals surface area contributed by atoms with Crippen LogP contribution in [0.4, 0.5) is 4.79 Å². The van der Waals surface area contributed by atoms with Gasteiger partial charge < -0.3 is 9.47 Å². The molecule has 0 atom stereocenters. The SMILES string of the molecule is Cc1ccccc1C.O=C(OC(Cl)(Cl)Cl)OC(Cl)(Cl)Cl. The molecular formula is C11H10Cl6O3. The third-order valence-electron chi connectivity index (χ3n) is 1.82. The van der Waals surface area contributed by atoms with Gasteiger partial charge in [0, 0.05) is 0 Å². The average molecular weight is 403 g/mol. The van der Waals surface area contributed by atoms with Crippen LogP contribution < -0.4 is 0 Å². The number of benzene rings is 1. The minimum absolute atomic E-state index is 1.37. The lowest BCUT2D eigenvalue weighted by atomic mass is 10.1. The second-order valence-electron chi connectivity index (χ2n) is 3.43. The lowest BCUT2D eigenvalue weighted by Crippen LogP contribution is -2.22. The van der Waals surface area contributed by atoms with Gasteiger partial charge in [-0.3, -0.25) is 0 Å². The van der Waals surface area contributed by atoms with E-state index in [0.717, 1.165) is 0 Å². The van der Waals surface area contributed by atoms with Crippen molar-refractivity contribution in [3.8, 4) is 0 Å². The molecule has 0 radical (unpaired) electrons. The summed E-state index contributed by atoms with van der Waals surface area (Å²) in [6, 6.07) is 8.36. The highest BCUT2D eigenvalue weighted by Crippen LogP contribution is 2.32. The van der Waals surface area contributed by atoms with Crippen molar-refractivity contribution in [1.29, 1.82) is 0 Å². The molecule has 0 spiro atoms. The fraction of sp³-hybridized carbons (Fsp3) is 0.364. The third-order valence-corrected chi connectivity index (χ3v) is 2.29. The van der Waals surface area contributed by atoms with E-state index in [9.17, 15) is 4.79 Å². The smallest absolute Gasteiger partial charge is 0.382 e. The van der Waals surface area contributed by atoms with Crippen LogP contribution in [0.25, 0.3) is 0 Å². The predicted octanol–water partition coefficient (Wildman–Crippen LogP) is 6.10. The molecule has 1 aromatic carbocycles. The van der Waals surface area contributed by atoms with Crippen LogP contribution in [0.3, 0.4) is 0 Å². The first-order valence-corrected chi connectivity index (χ1v) is 7.25. The number of alkyl halides is 6. The van der Waals surface area contributed by atoms with Crippen molar-refractivity contribution in [3.63, 3.8) is 0 Å². The van der Waals surface area contributed by atoms with E-state index in [1.807, 2.05) is 0 Å². The Bertz CT molecular complexity index is 400.